The van der Waals surface area contributed by atoms with Gasteiger partial charge in [0.1, 0.15) is 5.82 Å². The van der Waals surface area contributed by atoms with E-state index in [0.717, 1.165) is 0 Å². The summed E-state index contributed by atoms with van der Waals surface area (Å²) in [5, 5.41) is 9.45. The SMILES string of the molecule is CC(O)Cc1c(Cl)ccc(Br)c1F. The van der Waals surface area contributed by atoms with Crippen molar-refractivity contribution in [3.05, 3.63) is 33.0 Å². The maximum absolute atomic E-state index is 13.4. The monoisotopic (exact) mass is 266 g/mol. The number of aliphatic hydroxyl groups is 1. The van der Waals surface area contributed by atoms with E-state index in [1.54, 1.807) is 19.1 Å². The second-order valence-corrected chi connectivity index (χ2v) is 4.14. The first kappa shape index (κ1) is 11.0. The number of benzene rings is 1. The van der Waals surface area contributed by atoms with E-state index < -0.39 is 11.9 Å². The number of rotatable bonds is 2. The molecule has 1 aromatic rings. The molecule has 0 bridgehead atoms. The Bertz CT molecular complexity index is 315. The first-order valence-corrected chi connectivity index (χ1v) is 5.00. The molecule has 1 aromatic carbocycles. The quantitative estimate of drug-likeness (QED) is 0.816. The van der Waals surface area contributed by atoms with Gasteiger partial charge in [-0.1, -0.05) is 11.6 Å². The van der Waals surface area contributed by atoms with Crippen molar-refractivity contribution in [3.63, 3.8) is 0 Å². The van der Waals surface area contributed by atoms with Crippen LogP contribution in [0.1, 0.15) is 12.5 Å². The third kappa shape index (κ3) is 2.66. The smallest absolute Gasteiger partial charge is 0.142 e. The first-order valence-electron chi connectivity index (χ1n) is 3.82. The van der Waals surface area contributed by atoms with Crippen molar-refractivity contribution in [1.29, 1.82) is 0 Å². The molecule has 1 rings (SSSR count). The van der Waals surface area contributed by atoms with E-state index in [1.807, 2.05) is 0 Å². The predicted octanol–water partition coefficient (Wildman–Crippen LogP) is 3.16. The van der Waals surface area contributed by atoms with Crippen LogP contribution < -0.4 is 0 Å². The second kappa shape index (κ2) is 4.40. The summed E-state index contributed by atoms with van der Waals surface area (Å²) in [6, 6.07) is 3.15. The van der Waals surface area contributed by atoms with Gasteiger partial charge in [-0.2, -0.15) is 0 Å². The molecule has 0 aliphatic carbocycles. The minimum absolute atomic E-state index is 0.226. The van der Waals surface area contributed by atoms with Crippen LogP contribution in [0.4, 0.5) is 4.39 Å². The van der Waals surface area contributed by atoms with Crippen molar-refractivity contribution >= 4 is 27.5 Å². The van der Waals surface area contributed by atoms with Crippen molar-refractivity contribution in [1.82, 2.24) is 0 Å². The van der Waals surface area contributed by atoms with Crippen molar-refractivity contribution < 1.29 is 9.50 Å². The molecule has 1 atom stereocenters. The van der Waals surface area contributed by atoms with Gasteiger partial charge in [-0.3, -0.25) is 0 Å². The van der Waals surface area contributed by atoms with Gasteiger partial charge in [0.15, 0.2) is 0 Å². The Morgan fingerprint density at radius 1 is 1.62 bits per heavy atom. The molecule has 0 fully saturated rings. The van der Waals surface area contributed by atoms with E-state index in [1.165, 1.54) is 0 Å². The zero-order valence-corrected chi connectivity index (χ0v) is 9.36. The highest BCUT2D eigenvalue weighted by molar-refractivity contribution is 9.10. The Balaban J connectivity index is 3.10. The van der Waals surface area contributed by atoms with Crippen molar-refractivity contribution in [2.24, 2.45) is 0 Å². The maximum Gasteiger partial charge on any atom is 0.142 e. The highest BCUT2D eigenvalue weighted by Gasteiger charge is 2.12. The third-order valence-corrected chi connectivity index (χ3v) is 2.61. The lowest BCUT2D eigenvalue weighted by molar-refractivity contribution is 0.194. The lowest BCUT2D eigenvalue weighted by atomic mass is 10.1. The molecule has 1 nitrogen and oxygen atoms in total. The Morgan fingerprint density at radius 2 is 2.23 bits per heavy atom. The van der Waals surface area contributed by atoms with Crippen molar-refractivity contribution in [3.8, 4) is 0 Å². The van der Waals surface area contributed by atoms with Crippen LogP contribution in [0.15, 0.2) is 16.6 Å². The second-order valence-electron chi connectivity index (χ2n) is 2.87. The van der Waals surface area contributed by atoms with Gasteiger partial charge in [-0.25, -0.2) is 4.39 Å². The average molecular weight is 268 g/mol. The lowest BCUT2D eigenvalue weighted by Crippen LogP contribution is -2.07. The fourth-order valence-corrected chi connectivity index (χ4v) is 1.65. The molecule has 4 heteroatoms. The van der Waals surface area contributed by atoms with E-state index in [0.29, 0.717) is 15.1 Å². The van der Waals surface area contributed by atoms with Crippen LogP contribution in [-0.2, 0) is 6.42 Å². The van der Waals surface area contributed by atoms with Gasteiger partial charge in [0.25, 0.3) is 0 Å². The molecule has 13 heavy (non-hydrogen) atoms. The molecule has 0 aliphatic rings. The zero-order valence-electron chi connectivity index (χ0n) is 7.02. The molecule has 0 saturated heterocycles. The van der Waals surface area contributed by atoms with E-state index in [9.17, 15) is 4.39 Å². The predicted molar refractivity (Wildman–Crippen MR) is 54.5 cm³/mol. The molecule has 0 heterocycles. The molecule has 72 valence electrons. The molecule has 1 N–H and O–H groups in total. The summed E-state index contributed by atoms with van der Waals surface area (Å²) in [6.45, 7) is 1.59. The summed E-state index contributed by atoms with van der Waals surface area (Å²) in [4.78, 5) is 0. The molecule has 0 aromatic heterocycles. The van der Waals surface area contributed by atoms with Crippen LogP contribution in [0.2, 0.25) is 5.02 Å². The van der Waals surface area contributed by atoms with Gasteiger partial charge in [-0.05, 0) is 35.0 Å². The van der Waals surface area contributed by atoms with Gasteiger partial charge in [0.2, 0.25) is 0 Å². The fraction of sp³-hybridized carbons (Fsp3) is 0.333. The van der Waals surface area contributed by atoms with Crippen LogP contribution in [0.3, 0.4) is 0 Å². The largest absolute Gasteiger partial charge is 0.393 e. The molecule has 0 radical (unpaired) electrons. The number of halogens is 3. The standard InChI is InChI=1S/C9H9BrClFO/c1-5(13)4-6-8(11)3-2-7(10)9(6)12/h2-3,5,13H,4H2,1H3. The Labute approximate surface area is 89.7 Å². The van der Waals surface area contributed by atoms with Gasteiger partial charge < -0.3 is 5.11 Å². The number of hydrogen-bond acceptors (Lipinski definition) is 1. The van der Waals surface area contributed by atoms with Crippen LogP contribution in [0.25, 0.3) is 0 Å². The van der Waals surface area contributed by atoms with Crippen LogP contribution in [-0.4, -0.2) is 11.2 Å². The van der Waals surface area contributed by atoms with Gasteiger partial charge >= 0.3 is 0 Å². The molecular formula is C9H9BrClFO. The van der Waals surface area contributed by atoms with Crippen molar-refractivity contribution in [2.75, 3.05) is 0 Å². The summed E-state index contributed by atoms with van der Waals surface area (Å²) in [7, 11) is 0. The lowest BCUT2D eigenvalue weighted by Gasteiger charge is -2.08. The van der Waals surface area contributed by atoms with Gasteiger partial charge in [0.05, 0.1) is 10.6 Å². The molecular weight excluding hydrogens is 258 g/mol. The van der Waals surface area contributed by atoms with Gasteiger partial charge in [0, 0.05) is 17.0 Å². The summed E-state index contributed by atoms with van der Waals surface area (Å²) in [6.07, 6.45) is -0.370. The number of hydrogen-bond donors (Lipinski definition) is 1. The highest BCUT2D eigenvalue weighted by atomic mass is 79.9. The summed E-state index contributed by atoms with van der Waals surface area (Å²) in [5.41, 5.74) is 0.353. The Hall–Kier alpha value is -0.120. The normalized spacial score (nSPS) is 13.0. The van der Waals surface area contributed by atoms with E-state index in [2.05, 4.69) is 15.9 Å². The molecule has 0 saturated carbocycles. The molecule has 1 unspecified atom stereocenters. The zero-order chi connectivity index (χ0) is 10.0. The van der Waals surface area contributed by atoms with E-state index >= 15 is 0 Å². The Morgan fingerprint density at radius 3 is 2.77 bits per heavy atom. The van der Waals surface area contributed by atoms with E-state index in [-0.39, 0.29) is 6.42 Å². The van der Waals surface area contributed by atoms with Crippen molar-refractivity contribution in [2.45, 2.75) is 19.4 Å². The summed E-state index contributed by atoms with van der Waals surface area (Å²) in [5.74, 6) is -0.395. The number of aliphatic hydroxyl groups excluding tert-OH is 1. The topological polar surface area (TPSA) is 20.2 Å². The van der Waals surface area contributed by atoms with Crippen LogP contribution >= 0.6 is 27.5 Å². The molecule has 0 spiro atoms. The molecule has 0 aliphatic heterocycles. The third-order valence-electron chi connectivity index (χ3n) is 1.64. The first-order chi connectivity index (χ1) is 6.02. The maximum atomic E-state index is 13.4. The van der Waals surface area contributed by atoms with Crippen LogP contribution in [0.5, 0.6) is 0 Å². The summed E-state index contributed by atoms with van der Waals surface area (Å²) >= 11 is 8.83. The minimum atomic E-state index is -0.596. The van der Waals surface area contributed by atoms with E-state index in [4.69, 9.17) is 16.7 Å². The fourth-order valence-electron chi connectivity index (χ4n) is 1.05. The Kier molecular flexibility index (Phi) is 3.71. The average Bonchev–Trinajstić information content (AvgIpc) is 2.05. The summed E-state index contributed by atoms with van der Waals surface area (Å²) < 4.78 is 13.7. The molecule has 0 amide bonds. The minimum Gasteiger partial charge on any atom is -0.393 e. The van der Waals surface area contributed by atoms with Gasteiger partial charge in [-0.15, -0.1) is 0 Å². The highest BCUT2D eigenvalue weighted by Crippen LogP contribution is 2.26. The van der Waals surface area contributed by atoms with Crippen LogP contribution in [0, 0.1) is 5.82 Å².